The fourth-order valence-corrected chi connectivity index (χ4v) is 1.44. The summed E-state index contributed by atoms with van der Waals surface area (Å²) in [7, 11) is 2.04. The minimum atomic E-state index is 0.656. The van der Waals surface area contributed by atoms with Crippen molar-refractivity contribution in [3.63, 3.8) is 0 Å². The van der Waals surface area contributed by atoms with Crippen molar-refractivity contribution in [1.82, 2.24) is 10.6 Å². The Labute approximate surface area is 57.0 Å². The van der Waals surface area contributed by atoms with Crippen LogP contribution in [0.3, 0.4) is 0 Å². The highest BCUT2D eigenvalue weighted by atomic mass is 15.0. The average molecular weight is 128 g/mol. The first-order valence-corrected chi connectivity index (χ1v) is 3.75. The highest BCUT2D eigenvalue weighted by molar-refractivity contribution is 4.81. The zero-order chi connectivity index (χ0) is 6.69. The number of nitrogens with one attached hydrogen (secondary N) is 2. The molecule has 2 nitrogen and oxygen atoms in total. The standard InChI is InChI=1S/C7H16N2/c1-6-7(8-2)4-3-5-9-6/h6-9H,3-5H2,1-2H3/t6-,7+/m0/s1. The van der Waals surface area contributed by atoms with Gasteiger partial charge in [0.2, 0.25) is 0 Å². The highest BCUT2D eigenvalue weighted by Crippen LogP contribution is 2.06. The van der Waals surface area contributed by atoms with Crippen molar-refractivity contribution >= 4 is 0 Å². The second-order valence-corrected chi connectivity index (χ2v) is 2.78. The maximum Gasteiger partial charge on any atom is 0.0215 e. The Kier molecular flexibility index (Phi) is 2.49. The lowest BCUT2D eigenvalue weighted by molar-refractivity contribution is 0.332. The SMILES string of the molecule is CN[C@@H]1CCCN[C@H]1C. The summed E-state index contributed by atoms with van der Waals surface area (Å²) in [5, 5.41) is 6.71. The van der Waals surface area contributed by atoms with Crippen molar-refractivity contribution in [3.8, 4) is 0 Å². The van der Waals surface area contributed by atoms with Crippen molar-refractivity contribution in [2.45, 2.75) is 31.8 Å². The van der Waals surface area contributed by atoms with Crippen LogP contribution in [0.2, 0.25) is 0 Å². The molecule has 0 bridgehead atoms. The Morgan fingerprint density at radius 3 is 2.78 bits per heavy atom. The molecule has 0 unspecified atom stereocenters. The maximum atomic E-state index is 3.42. The summed E-state index contributed by atoms with van der Waals surface area (Å²) in [6.07, 6.45) is 2.64. The van der Waals surface area contributed by atoms with E-state index in [1.54, 1.807) is 0 Å². The van der Waals surface area contributed by atoms with E-state index in [1.807, 2.05) is 7.05 Å². The molecule has 1 heterocycles. The van der Waals surface area contributed by atoms with Gasteiger partial charge in [0, 0.05) is 12.1 Å². The summed E-state index contributed by atoms with van der Waals surface area (Å²) in [4.78, 5) is 0. The molecule has 2 heteroatoms. The predicted molar refractivity (Wildman–Crippen MR) is 39.5 cm³/mol. The largest absolute Gasteiger partial charge is 0.315 e. The van der Waals surface area contributed by atoms with Crippen LogP contribution in [-0.4, -0.2) is 25.7 Å². The summed E-state index contributed by atoms with van der Waals surface area (Å²) in [5.41, 5.74) is 0. The van der Waals surface area contributed by atoms with E-state index in [0.29, 0.717) is 12.1 Å². The van der Waals surface area contributed by atoms with E-state index < -0.39 is 0 Å². The van der Waals surface area contributed by atoms with E-state index in [-0.39, 0.29) is 0 Å². The quantitative estimate of drug-likeness (QED) is 0.532. The summed E-state index contributed by atoms with van der Waals surface area (Å²) in [6.45, 7) is 3.43. The highest BCUT2D eigenvalue weighted by Gasteiger charge is 2.17. The van der Waals surface area contributed by atoms with Gasteiger partial charge >= 0.3 is 0 Å². The molecule has 1 saturated heterocycles. The third-order valence-electron chi connectivity index (χ3n) is 2.13. The van der Waals surface area contributed by atoms with E-state index in [1.165, 1.54) is 19.4 Å². The van der Waals surface area contributed by atoms with Crippen molar-refractivity contribution in [2.24, 2.45) is 0 Å². The van der Waals surface area contributed by atoms with Gasteiger partial charge in [0.1, 0.15) is 0 Å². The molecule has 0 spiro atoms. The van der Waals surface area contributed by atoms with Crippen LogP contribution in [-0.2, 0) is 0 Å². The van der Waals surface area contributed by atoms with Crippen molar-refractivity contribution in [1.29, 1.82) is 0 Å². The van der Waals surface area contributed by atoms with E-state index in [4.69, 9.17) is 0 Å². The molecule has 0 aromatic rings. The second-order valence-electron chi connectivity index (χ2n) is 2.78. The van der Waals surface area contributed by atoms with Gasteiger partial charge in [-0.2, -0.15) is 0 Å². The van der Waals surface area contributed by atoms with Gasteiger partial charge in [0.25, 0.3) is 0 Å². The Balaban J connectivity index is 2.30. The molecule has 0 saturated carbocycles. The monoisotopic (exact) mass is 128 g/mol. The van der Waals surface area contributed by atoms with Crippen LogP contribution in [0.15, 0.2) is 0 Å². The van der Waals surface area contributed by atoms with Crippen LogP contribution in [0.1, 0.15) is 19.8 Å². The van der Waals surface area contributed by atoms with Crippen molar-refractivity contribution in [3.05, 3.63) is 0 Å². The fourth-order valence-electron chi connectivity index (χ4n) is 1.44. The van der Waals surface area contributed by atoms with Gasteiger partial charge in [0.15, 0.2) is 0 Å². The molecule has 1 aliphatic rings. The van der Waals surface area contributed by atoms with Gasteiger partial charge in [-0.25, -0.2) is 0 Å². The van der Waals surface area contributed by atoms with Gasteiger partial charge in [-0.3, -0.25) is 0 Å². The summed E-state index contributed by atoms with van der Waals surface area (Å²) >= 11 is 0. The number of piperidine rings is 1. The smallest absolute Gasteiger partial charge is 0.0215 e. The molecule has 1 aliphatic heterocycles. The van der Waals surface area contributed by atoms with E-state index >= 15 is 0 Å². The van der Waals surface area contributed by atoms with Gasteiger partial charge in [-0.15, -0.1) is 0 Å². The van der Waals surface area contributed by atoms with Crippen LogP contribution < -0.4 is 10.6 Å². The molecular weight excluding hydrogens is 112 g/mol. The van der Waals surface area contributed by atoms with Crippen LogP contribution >= 0.6 is 0 Å². The molecular formula is C7H16N2. The first kappa shape index (κ1) is 7.03. The van der Waals surface area contributed by atoms with E-state index in [0.717, 1.165) is 0 Å². The number of rotatable bonds is 1. The third-order valence-corrected chi connectivity index (χ3v) is 2.13. The molecule has 9 heavy (non-hydrogen) atoms. The molecule has 0 aliphatic carbocycles. The lowest BCUT2D eigenvalue weighted by Gasteiger charge is -2.29. The van der Waals surface area contributed by atoms with Crippen molar-refractivity contribution in [2.75, 3.05) is 13.6 Å². The summed E-state index contributed by atoms with van der Waals surface area (Å²) in [5.74, 6) is 0. The van der Waals surface area contributed by atoms with Crippen LogP contribution in [0.25, 0.3) is 0 Å². The van der Waals surface area contributed by atoms with Crippen LogP contribution in [0, 0.1) is 0 Å². The lowest BCUT2D eigenvalue weighted by atomic mass is 10.0. The fraction of sp³-hybridized carbons (Fsp3) is 1.00. The minimum absolute atomic E-state index is 0.656. The molecule has 2 N–H and O–H groups in total. The second kappa shape index (κ2) is 3.18. The summed E-state index contributed by atoms with van der Waals surface area (Å²) < 4.78 is 0. The van der Waals surface area contributed by atoms with Crippen LogP contribution in [0.4, 0.5) is 0 Å². The molecule has 0 amide bonds. The van der Waals surface area contributed by atoms with Crippen LogP contribution in [0.5, 0.6) is 0 Å². The van der Waals surface area contributed by atoms with E-state index in [2.05, 4.69) is 17.6 Å². The molecule has 1 rings (SSSR count). The predicted octanol–water partition coefficient (Wildman–Crippen LogP) is 0.346. The maximum absolute atomic E-state index is 3.42. The Morgan fingerprint density at radius 1 is 1.56 bits per heavy atom. The van der Waals surface area contributed by atoms with Gasteiger partial charge < -0.3 is 10.6 Å². The first-order chi connectivity index (χ1) is 4.34. The topological polar surface area (TPSA) is 24.1 Å². The molecule has 0 radical (unpaired) electrons. The Hall–Kier alpha value is -0.0800. The van der Waals surface area contributed by atoms with Gasteiger partial charge in [-0.1, -0.05) is 0 Å². The zero-order valence-corrected chi connectivity index (χ0v) is 6.28. The molecule has 54 valence electrons. The normalized spacial score (nSPS) is 36.7. The summed E-state index contributed by atoms with van der Waals surface area (Å²) in [6, 6.07) is 1.35. The molecule has 0 aromatic carbocycles. The van der Waals surface area contributed by atoms with Crippen molar-refractivity contribution < 1.29 is 0 Å². The number of likely N-dealkylation sites (N-methyl/N-ethyl adjacent to an activating group) is 1. The number of hydrogen-bond donors (Lipinski definition) is 2. The Morgan fingerprint density at radius 2 is 2.33 bits per heavy atom. The average Bonchev–Trinajstić information content (AvgIpc) is 1.89. The first-order valence-electron chi connectivity index (χ1n) is 3.75. The zero-order valence-electron chi connectivity index (χ0n) is 6.28. The molecule has 0 aromatic heterocycles. The van der Waals surface area contributed by atoms with Gasteiger partial charge in [-0.05, 0) is 33.4 Å². The lowest BCUT2D eigenvalue weighted by Crippen LogP contribution is -2.48. The third kappa shape index (κ3) is 1.66. The Bertz CT molecular complexity index is 83.0. The minimum Gasteiger partial charge on any atom is -0.315 e. The van der Waals surface area contributed by atoms with Gasteiger partial charge in [0.05, 0.1) is 0 Å². The van der Waals surface area contributed by atoms with E-state index in [9.17, 15) is 0 Å². The molecule has 1 fully saturated rings. The molecule has 2 atom stereocenters. The number of hydrogen-bond acceptors (Lipinski definition) is 2.